The topological polar surface area (TPSA) is 9.23 Å². The molecule has 124 valence electrons. The maximum absolute atomic E-state index is 6.36. The molecule has 2 aromatic rings. The molecule has 0 heterocycles. The van der Waals surface area contributed by atoms with Crippen LogP contribution in [0, 0.1) is 5.92 Å². The normalized spacial score (nSPS) is 15.7. The Hall–Kier alpha value is -1.50. The third-order valence-electron chi connectivity index (χ3n) is 5.13. The minimum Gasteiger partial charge on any atom is -0.490 e. The Morgan fingerprint density at radius 3 is 2.57 bits per heavy atom. The summed E-state index contributed by atoms with van der Waals surface area (Å²) in [5.74, 6) is 1.90. The molecule has 0 aliphatic heterocycles. The summed E-state index contributed by atoms with van der Waals surface area (Å²) >= 11 is 0. The standard InChI is InChI=1S/C22H30O/c1-3-4-5-6-7-12-21-20-11-9-8-10-19(20)15-16-22(21)23-17(2)18-13-14-18/h8-11,15-18H,3-7,12-14H2,1-2H3. The smallest absolute Gasteiger partial charge is 0.123 e. The molecule has 1 unspecified atom stereocenters. The molecule has 0 N–H and O–H groups in total. The molecule has 1 aliphatic rings. The molecule has 1 heteroatoms. The van der Waals surface area contributed by atoms with Crippen LogP contribution in [0.25, 0.3) is 10.8 Å². The van der Waals surface area contributed by atoms with Crippen molar-refractivity contribution in [3.05, 3.63) is 42.0 Å². The van der Waals surface area contributed by atoms with Crippen LogP contribution in [0.15, 0.2) is 36.4 Å². The highest BCUT2D eigenvalue weighted by Crippen LogP contribution is 2.37. The van der Waals surface area contributed by atoms with Crippen molar-refractivity contribution in [2.24, 2.45) is 5.92 Å². The van der Waals surface area contributed by atoms with E-state index >= 15 is 0 Å². The molecule has 2 aromatic carbocycles. The fourth-order valence-corrected chi connectivity index (χ4v) is 3.45. The molecule has 0 saturated heterocycles. The number of aryl methyl sites for hydroxylation is 1. The zero-order valence-electron chi connectivity index (χ0n) is 14.7. The van der Waals surface area contributed by atoms with Crippen LogP contribution < -0.4 is 4.74 Å². The van der Waals surface area contributed by atoms with Gasteiger partial charge in [-0.05, 0) is 55.4 Å². The van der Waals surface area contributed by atoms with Gasteiger partial charge in [0.15, 0.2) is 0 Å². The molecule has 0 amide bonds. The van der Waals surface area contributed by atoms with Crippen LogP contribution in [0.2, 0.25) is 0 Å². The second kappa shape index (κ2) is 7.86. The van der Waals surface area contributed by atoms with Crippen LogP contribution in [0.5, 0.6) is 5.75 Å². The predicted molar refractivity (Wildman–Crippen MR) is 99.2 cm³/mol. The monoisotopic (exact) mass is 310 g/mol. The Kier molecular flexibility index (Phi) is 5.59. The average molecular weight is 310 g/mol. The Morgan fingerprint density at radius 1 is 1.00 bits per heavy atom. The van der Waals surface area contributed by atoms with Gasteiger partial charge in [0, 0.05) is 5.56 Å². The molecule has 3 rings (SSSR count). The van der Waals surface area contributed by atoms with Crippen molar-refractivity contribution in [1.29, 1.82) is 0 Å². The van der Waals surface area contributed by atoms with E-state index in [1.165, 1.54) is 61.3 Å². The van der Waals surface area contributed by atoms with Gasteiger partial charge >= 0.3 is 0 Å². The quantitative estimate of drug-likeness (QED) is 0.478. The maximum atomic E-state index is 6.36. The minimum absolute atomic E-state index is 0.356. The van der Waals surface area contributed by atoms with Gasteiger partial charge in [-0.15, -0.1) is 0 Å². The lowest BCUT2D eigenvalue weighted by molar-refractivity contribution is 0.196. The second-order valence-electron chi connectivity index (χ2n) is 7.09. The van der Waals surface area contributed by atoms with Gasteiger partial charge in [0.1, 0.15) is 5.75 Å². The van der Waals surface area contributed by atoms with Gasteiger partial charge in [-0.2, -0.15) is 0 Å². The SMILES string of the molecule is CCCCCCCc1c(OC(C)C2CC2)ccc2ccccc12. The molecule has 0 aromatic heterocycles. The third kappa shape index (κ3) is 4.28. The van der Waals surface area contributed by atoms with E-state index in [4.69, 9.17) is 4.74 Å². The van der Waals surface area contributed by atoms with E-state index in [0.717, 1.165) is 18.1 Å². The second-order valence-corrected chi connectivity index (χ2v) is 7.09. The molecule has 1 aliphatic carbocycles. The van der Waals surface area contributed by atoms with E-state index in [-0.39, 0.29) is 0 Å². The number of ether oxygens (including phenoxy) is 1. The molecule has 1 saturated carbocycles. The van der Waals surface area contributed by atoms with E-state index in [0.29, 0.717) is 6.10 Å². The molecule has 1 nitrogen and oxygen atoms in total. The first-order valence-corrected chi connectivity index (χ1v) is 9.47. The van der Waals surface area contributed by atoms with Crippen LogP contribution in [0.3, 0.4) is 0 Å². The molecule has 0 radical (unpaired) electrons. The number of fused-ring (bicyclic) bond motifs is 1. The van der Waals surface area contributed by atoms with Gasteiger partial charge < -0.3 is 4.74 Å². The summed E-state index contributed by atoms with van der Waals surface area (Å²) < 4.78 is 6.36. The lowest BCUT2D eigenvalue weighted by atomic mass is 9.98. The van der Waals surface area contributed by atoms with Crippen LogP contribution in [0.1, 0.15) is 64.4 Å². The zero-order chi connectivity index (χ0) is 16.1. The van der Waals surface area contributed by atoms with E-state index in [2.05, 4.69) is 50.2 Å². The molecule has 23 heavy (non-hydrogen) atoms. The van der Waals surface area contributed by atoms with Gasteiger partial charge in [0.2, 0.25) is 0 Å². The minimum atomic E-state index is 0.356. The Labute approximate surface area is 141 Å². The van der Waals surface area contributed by atoms with Crippen LogP contribution in [-0.4, -0.2) is 6.10 Å². The van der Waals surface area contributed by atoms with Crippen molar-refractivity contribution < 1.29 is 4.74 Å². The van der Waals surface area contributed by atoms with Crippen molar-refractivity contribution in [3.63, 3.8) is 0 Å². The van der Waals surface area contributed by atoms with Gasteiger partial charge in [-0.1, -0.05) is 62.9 Å². The van der Waals surface area contributed by atoms with Crippen molar-refractivity contribution in [1.82, 2.24) is 0 Å². The third-order valence-corrected chi connectivity index (χ3v) is 5.13. The largest absolute Gasteiger partial charge is 0.490 e. The first-order chi connectivity index (χ1) is 11.3. The highest BCUT2D eigenvalue weighted by molar-refractivity contribution is 5.87. The van der Waals surface area contributed by atoms with Crippen molar-refractivity contribution in [2.45, 2.75) is 71.3 Å². The highest BCUT2D eigenvalue weighted by atomic mass is 16.5. The number of unbranched alkanes of at least 4 members (excludes halogenated alkanes) is 4. The first-order valence-electron chi connectivity index (χ1n) is 9.47. The Bertz CT molecular complexity index is 627. The Morgan fingerprint density at radius 2 is 1.78 bits per heavy atom. The lowest BCUT2D eigenvalue weighted by Gasteiger charge is -2.19. The van der Waals surface area contributed by atoms with Crippen molar-refractivity contribution in [3.8, 4) is 5.75 Å². The lowest BCUT2D eigenvalue weighted by Crippen LogP contribution is -2.15. The first kappa shape index (κ1) is 16.4. The molecule has 1 fully saturated rings. The van der Waals surface area contributed by atoms with Crippen molar-refractivity contribution >= 4 is 10.8 Å². The number of benzene rings is 2. The maximum Gasteiger partial charge on any atom is 0.123 e. The van der Waals surface area contributed by atoms with Crippen molar-refractivity contribution in [2.75, 3.05) is 0 Å². The highest BCUT2D eigenvalue weighted by Gasteiger charge is 2.30. The molecule has 1 atom stereocenters. The van der Waals surface area contributed by atoms with E-state index in [9.17, 15) is 0 Å². The zero-order valence-corrected chi connectivity index (χ0v) is 14.7. The van der Waals surface area contributed by atoms with Gasteiger partial charge in [-0.25, -0.2) is 0 Å². The molecular weight excluding hydrogens is 280 g/mol. The van der Waals surface area contributed by atoms with Crippen LogP contribution >= 0.6 is 0 Å². The number of rotatable bonds is 9. The summed E-state index contributed by atoms with van der Waals surface area (Å²) in [7, 11) is 0. The summed E-state index contributed by atoms with van der Waals surface area (Å²) in [5.41, 5.74) is 1.42. The molecular formula is C22H30O. The van der Waals surface area contributed by atoms with Crippen LogP contribution in [-0.2, 0) is 6.42 Å². The summed E-state index contributed by atoms with van der Waals surface area (Å²) in [6.07, 6.45) is 10.8. The van der Waals surface area contributed by atoms with Gasteiger partial charge in [-0.3, -0.25) is 0 Å². The summed E-state index contributed by atoms with van der Waals surface area (Å²) in [6.45, 7) is 4.51. The number of hydrogen-bond acceptors (Lipinski definition) is 1. The summed E-state index contributed by atoms with van der Waals surface area (Å²) in [4.78, 5) is 0. The number of hydrogen-bond donors (Lipinski definition) is 0. The van der Waals surface area contributed by atoms with E-state index in [1.54, 1.807) is 0 Å². The molecule has 0 bridgehead atoms. The van der Waals surface area contributed by atoms with Gasteiger partial charge in [0.25, 0.3) is 0 Å². The fourth-order valence-electron chi connectivity index (χ4n) is 3.45. The van der Waals surface area contributed by atoms with Crippen LogP contribution in [0.4, 0.5) is 0 Å². The Balaban J connectivity index is 1.77. The van der Waals surface area contributed by atoms with E-state index in [1.807, 2.05) is 0 Å². The predicted octanol–water partition coefficient (Wildman–Crippen LogP) is 6.53. The van der Waals surface area contributed by atoms with Gasteiger partial charge in [0.05, 0.1) is 6.10 Å². The van der Waals surface area contributed by atoms with E-state index < -0.39 is 0 Å². The average Bonchev–Trinajstić information content (AvgIpc) is 3.41. The summed E-state index contributed by atoms with van der Waals surface area (Å²) in [5, 5.41) is 2.71. The summed E-state index contributed by atoms with van der Waals surface area (Å²) in [6, 6.07) is 13.2. The fraction of sp³-hybridized carbons (Fsp3) is 0.545. The molecule has 0 spiro atoms.